The lowest BCUT2D eigenvalue weighted by molar-refractivity contribution is 0.820. The fourth-order valence-electron chi connectivity index (χ4n) is 2.98. The van der Waals surface area contributed by atoms with Crippen molar-refractivity contribution in [2.24, 2.45) is 11.8 Å². The number of nitrogens with zero attached hydrogens (tertiary/aromatic N) is 1. The molecule has 2 aliphatic rings. The fraction of sp³-hybridized carbons (Fsp3) is 0.333. The van der Waals surface area contributed by atoms with Crippen molar-refractivity contribution in [3.63, 3.8) is 0 Å². The molecule has 1 nitrogen and oxygen atoms in total. The third-order valence-electron chi connectivity index (χ3n) is 4.08. The first-order chi connectivity index (χ1) is 7.90. The summed E-state index contributed by atoms with van der Waals surface area (Å²) in [6.07, 6.45) is 1.48. The van der Waals surface area contributed by atoms with E-state index < -0.39 is 0 Å². The molecule has 1 aliphatic carbocycles. The van der Waals surface area contributed by atoms with Crippen molar-refractivity contribution in [3.05, 3.63) is 42.5 Å². The first-order valence-corrected chi connectivity index (χ1v) is 6.14. The maximum absolute atomic E-state index is 2.55. The van der Waals surface area contributed by atoms with Crippen LogP contribution >= 0.6 is 0 Å². The standard InChI is InChI=1S/C15H15N/c1-2-4-12-8-15(6-5-11(12)3-1)16-9-13-7-14(13)10-16/h1-6,8,13-14H,7,9-10H2/t13-,14+. The van der Waals surface area contributed by atoms with E-state index in [4.69, 9.17) is 0 Å². The zero-order valence-electron chi connectivity index (χ0n) is 9.26. The van der Waals surface area contributed by atoms with Gasteiger partial charge >= 0.3 is 0 Å². The molecule has 0 radical (unpaired) electrons. The molecule has 0 bridgehead atoms. The number of piperidine rings is 1. The van der Waals surface area contributed by atoms with E-state index >= 15 is 0 Å². The van der Waals surface area contributed by atoms with Gasteiger partial charge < -0.3 is 4.90 Å². The monoisotopic (exact) mass is 209 g/mol. The molecule has 0 spiro atoms. The molecule has 1 saturated heterocycles. The van der Waals surface area contributed by atoms with Gasteiger partial charge in [-0.15, -0.1) is 0 Å². The lowest BCUT2D eigenvalue weighted by atomic mass is 10.1. The molecule has 2 fully saturated rings. The quantitative estimate of drug-likeness (QED) is 0.696. The SMILES string of the molecule is c1ccc2cc(N3C[C@H]4C[C@H]4C3)ccc2c1. The number of rotatable bonds is 1. The van der Waals surface area contributed by atoms with E-state index in [1.54, 1.807) is 0 Å². The molecule has 16 heavy (non-hydrogen) atoms. The predicted molar refractivity (Wildman–Crippen MR) is 67.8 cm³/mol. The van der Waals surface area contributed by atoms with Gasteiger partial charge in [-0.2, -0.15) is 0 Å². The maximum Gasteiger partial charge on any atom is 0.0372 e. The van der Waals surface area contributed by atoms with Gasteiger partial charge in [0.05, 0.1) is 0 Å². The summed E-state index contributed by atoms with van der Waals surface area (Å²) in [5, 5.41) is 2.70. The van der Waals surface area contributed by atoms with Crippen molar-refractivity contribution in [2.75, 3.05) is 18.0 Å². The summed E-state index contributed by atoms with van der Waals surface area (Å²) >= 11 is 0. The highest BCUT2D eigenvalue weighted by molar-refractivity contribution is 5.85. The number of hydrogen-bond acceptors (Lipinski definition) is 1. The average Bonchev–Trinajstić information content (AvgIpc) is 2.96. The Bertz CT molecular complexity index is 536. The lowest BCUT2D eigenvalue weighted by Gasteiger charge is -2.20. The van der Waals surface area contributed by atoms with Crippen LogP contribution in [0.25, 0.3) is 10.8 Å². The smallest absolute Gasteiger partial charge is 0.0372 e. The van der Waals surface area contributed by atoms with Crippen molar-refractivity contribution in [1.29, 1.82) is 0 Å². The fourth-order valence-corrected chi connectivity index (χ4v) is 2.98. The zero-order valence-corrected chi connectivity index (χ0v) is 9.26. The van der Waals surface area contributed by atoms with E-state index in [0.717, 1.165) is 11.8 Å². The molecular formula is C15H15N. The minimum absolute atomic E-state index is 1.01. The van der Waals surface area contributed by atoms with Crippen molar-refractivity contribution in [1.82, 2.24) is 0 Å². The minimum atomic E-state index is 1.01. The van der Waals surface area contributed by atoms with E-state index in [2.05, 4.69) is 47.4 Å². The van der Waals surface area contributed by atoms with Crippen LogP contribution in [0.15, 0.2) is 42.5 Å². The van der Waals surface area contributed by atoms with E-state index in [0.29, 0.717) is 0 Å². The van der Waals surface area contributed by atoms with Gasteiger partial charge in [0.2, 0.25) is 0 Å². The molecule has 1 saturated carbocycles. The minimum Gasteiger partial charge on any atom is -0.371 e. The molecule has 0 N–H and O–H groups in total. The first-order valence-electron chi connectivity index (χ1n) is 6.14. The maximum atomic E-state index is 2.55. The number of benzene rings is 2. The summed E-state index contributed by atoms with van der Waals surface area (Å²) in [7, 11) is 0. The van der Waals surface area contributed by atoms with E-state index in [1.807, 2.05) is 0 Å². The van der Waals surface area contributed by atoms with Crippen LogP contribution < -0.4 is 4.90 Å². The van der Waals surface area contributed by atoms with Gasteiger partial charge in [-0.1, -0.05) is 30.3 Å². The van der Waals surface area contributed by atoms with Crippen molar-refractivity contribution in [3.8, 4) is 0 Å². The summed E-state index contributed by atoms with van der Waals surface area (Å²) in [6.45, 7) is 2.56. The van der Waals surface area contributed by atoms with Crippen LogP contribution in [0.3, 0.4) is 0 Å². The van der Waals surface area contributed by atoms with Crippen LogP contribution in [0.1, 0.15) is 6.42 Å². The summed E-state index contributed by atoms with van der Waals surface area (Å²) in [5.41, 5.74) is 1.41. The summed E-state index contributed by atoms with van der Waals surface area (Å²) in [5.74, 6) is 2.01. The molecule has 2 aromatic rings. The molecule has 80 valence electrons. The van der Waals surface area contributed by atoms with E-state index in [9.17, 15) is 0 Å². The number of anilines is 1. The van der Waals surface area contributed by atoms with Gasteiger partial charge in [-0.3, -0.25) is 0 Å². The molecule has 2 aromatic carbocycles. The highest BCUT2D eigenvalue weighted by atomic mass is 15.2. The molecular weight excluding hydrogens is 194 g/mol. The highest BCUT2D eigenvalue weighted by Gasteiger charge is 2.44. The van der Waals surface area contributed by atoms with Gasteiger partial charge in [0.15, 0.2) is 0 Å². The lowest BCUT2D eigenvalue weighted by Crippen LogP contribution is -2.21. The third-order valence-corrected chi connectivity index (χ3v) is 4.08. The Labute approximate surface area is 95.7 Å². The van der Waals surface area contributed by atoms with Gasteiger partial charge in [0.25, 0.3) is 0 Å². The largest absolute Gasteiger partial charge is 0.371 e. The van der Waals surface area contributed by atoms with Gasteiger partial charge in [-0.05, 0) is 41.2 Å². The van der Waals surface area contributed by atoms with Crippen LogP contribution in [-0.2, 0) is 0 Å². The second-order valence-corrected chi connectivity index (χ2v) is 5.19. The Balaban J connectivity index is 1.75. The van der Waals surface area contributed by atoms with Crippen molar-refractivity contribution < 1.29 is 0 Å². The van der Waals surface area contributed by atoms with Crippen LogP contribution in [0.5, 0.6) is 0 Å². The van der Waals surface area contributed by atoms with Crippen molar-refractivity contribution in [2.45, 2.75) is 6.42 Å². The second-order valence-electron chi connectivity index (χ2n) is 5.19. The summed E-state index contributed by atoms with van der Waals surface area (Å²) in [4.78, 5) is 2.55. The first kappa shape index (κ1) is 8.63. The Morgan fingerprint density at radius 2 is 1.62 bits per heavy atom. The third kappa shape index (κ3) is 1.24. The molecule has 4 rings (SSSR count). The Hall–Kier alpha value is -1.50. The molecule has 2 atom stereocenters. The Kier molecular flexibility index (Phi) is 1.62. The van der Waals surface area contributed by atoms with E-state index in [1.165, 1.54) is 36.0 Å². The normalized spacial score (nSPS) is 27.1. The Morgan fingerprint density at radius 1 is 0.875 bits per heavy atom. The molecule has 1 heteroatoms. The van der Waals surface area contributed by atoms with Crippen molar-refractivity contribution >= 4 is 16.5 Å². The molecule has 0 unspecified atom stereocenters. The number of hydrogen-bond donors (Lipinski definition) is 0. The Morgan fingerprint density at radius 3 is 2.44 bits per heavy atom. The van der Waals surface area contributed by atoms with Gasteiger partial charge in [-0.25, -0.2) is 0 Å². The van der Waals surface area contributed by atoms with E-state index in [-0.39, 0.29) is 0 Å². The predicted octanol–water partition coefficient (Wildman–Crippen LogP) is 3.30. The molecule has 1 aliphatic heterocycles. The average molecular weight is 209 g/mol. The van der Waals surface area contributed by atoms with Gasteiger partial charge in [0.1, 0.15) is 0 Å². The second kappa shape index (κ2) is 3.00. The van der Waals surface area contributed by atoms with Crippen LogP contribution in [0.2, 0.25) is 0 Å². The van der Waals surface area contributed by atoms with Crippen LogP contribution in [-0.4, -0.2) is 13.1 Å². The summed E-state index contributed by atoms with van der Waals surface area (Å²) < 4.78 is 0. The van der Waals surface area contributed by atoms with Crippen LogP contribution in [0.4, 0.5) is 5.69 Å². The topological polar surface area (TPSA) is 3.24 Å². The molecule has 0 aromatic heterocycles. The van der Waals surface area contributed by atoms with Crippen LogP contribution in [0, 0.1) is 11.8 Å². The zero-order chi connectivity index (χ0) is 10.5. The molecule has 1 heterocycles. The molecule has 0 amide bonds. The number of fused-ring (bicyclic) bond motifs is 2. The summed E-state index contributed by atoms with van der Waals surface area (Å²) in [6, 6.07) is 15.5. The van der Waals surface area contributed by atoms with Gasteiger partial charge in [0, 0.05) is 18.8 Å². The highest BCUT2D eigenvalue weighted by Crippen LogP contribution is 2.46.